The van der Waals surface area contributed by atoms with E-state index in [2.05, 4.69) is 16.4 Å². The third-order valence-electron chi connectivity index (χ3n) is 7.52. The fourth-order valence-corrected chi connectivity index (χ4v) is 5.45. The maximum atomic E-state index is 14.3. The number of nitrogens with zero attached hydrogens (tertiary/aromatic N) is 4. The highest BCUT2D eigenvalue weighted by atomic mass is 19.4. The predicted octanol–water partition coefficient (Wildman–Crippen LogP) is 2.31. The summed E-state index contributed by atoms with van der Waals surface area (Å²) in [6.07, 6.45) is -3.17. The summed E-state index contributed by atoms with van der Waals surface area (Å²) in [5, 5.41) is 12.8. The Kier molecular flexibility index (Phi) is 5.03. The van der Waals surface area contributed by atoms with E-state index in [9.17, 15) is 23.2 Å². The maximum Gasteiger partial charge on any atom is 0.397 e. The minimum atomic E-state index is -4.51. The second kappa shape index (κ2) is 7.57. The summed E-state index contributed by atoms with van der Waals surface area (Å²) in [4.78, 5) is 21.1. The number of rotatable bonds is 4. The van der Waals surface area contributed by atoms with Crippen molar-refractivity contribution in [3.8, 4) is 6.07 Å². The van der Waals surface area contributed by atoms with Gasteiger partial charge in [0.05, 0.1) is 35.8 Å². The minimum absolute atomic E-state index is 0.0365. The van der Waals surface area contributed by atoms with Gasteiger partial charge >= 0.3 is 6.18 Å². The number of hydrogen-bond acceptors (Lipinski definition) is 6. The molecule has 1 aromatic carbocycles. The van der Waals surface area contributed by atoms with Crippen molar-refractivity contribution in [3.05, 3.63) is 36.0 Å². The van der Waals surface area contributed by atoms with Gasteiger partial charge in [-0.3, -0.25) is 14.7 Å². The molecule has 2 aliphatic heterocycles. The number of amides is 1. The molecule has 174 valence electrons. The number of piperidine rings is 1. The molecule has 33 heavy (non-hydrogen) atoms. The number of nitriles is 1. The largest absolute Gasteiger partial charge is 0.397 e. The van der Waals surface area contributed by atoms with Crippen LogP contribution in [0.25, 0.3) is 10.9 Å². The first kappa shape index (κ1) is 21.9. The zero-order valence-corrected chi connectivity index (χ0v) is 18.2. The number of pyridine rings is 1. The molecule has 1 amide bonds. The lowest BCUT2D eigenvalue weighted by atomic mass is 9.94. The number of halogens is 3. The van der Waals surface area contributed by atoms with Crippen molar-refractivity contribution in [2.24, 2.45) is 10.8 Å². The molecule has 3 fully saturated rings. The van der Waals surface area contributed by atoms with Crippen LogP contribution in [0.4, 0.5) is 18.9 Å². The van der Waals surface area contributed by atoms with Gasteiger partial charge < -0.3 is 15.0 Å². The third kappa shape index (κ3) is 3.25. The second-order valence-corrected chi connectivity index (χ2v) is 9.26. The Morgan fingerprint density at radius 2 is 2.18 bits per heavy atom. The van der Waals surface area contributed by atoms with E-state index in [1.54, 1.807) is 35.4 Å². The smallest absolute Gasteiger partial charge is 0.378 e. The lowest BCUT2D eigenvalue weighted by Gasteiger charge is -2.33. The van der Waals surface area contributed by atoms with Crippen molar-refractivity contribution in [1.82, 2.24) is 15.2 Å². The maximum absolute atomic E-state index is 14.3. The van der Waals surface area contributed by atoms with Crippen LogP contribution < -0.4 is 10.2 Å². The molecule has 0 spiro atoms. The van der Waals surface area contributed by atoms with E-state index in [1.807, 2.05) is 11.9 Å². The number of fused-ring (bicyclic) bond motifs is 2. The molecule has 0 radical (unpaired) electrons. The van der Waals surface area contributed by atoms with Crippen molar-refractivity contribution in [1.29, 1.82) is 5.26 Å². The van der Waals surface area contributed by atoms with Crippen LogP contribution in [0.2, 0.25) is 0 Å². The van der Waals surface area contributed by atoms with E-state index in [-0.39, 0.29) is 32.1 Å². The van der Waals surface area contributed by atoms with Crippen LogP contribution in [-0.2, 0) is 9.53 Å². The first-order valence-corrected chi connectivity index (χ1v) is 10.9. The Hall–Kier alpha value is -2.90. The van der Waals surface area contributed by atoms with Crippen LogP contribution in [-0.4, -0.2) is 74.4 Å². The number of hydrogen-bond donors (Lipinski definition) is 1. The van der Waals surface area contributed by atoms with Crippen molar-refractivity contribution in [2.45, 2.75) is 18.6 Å². The van der Waals surface area contributed by atoms with Gasteiger partial charge in [0.2, 0.25) is 5.91 Å². The molecule has 1 aromatic heterocycles. The van der Waals surface area contributed by atoms with Gasteiger partial charge in [0, 0.05) is 43.4 Å². The molecule has 2 unspecified atom stereocenters. The van der Waals surface area contributed by atoms with Gasteiger partial charge in [-0.1, -0.05) is 0 Å². The van der Waals surface area contributed by atoms with Crippen LogP contribution >= 0.6 is 0 Å². The molecule has 5 rings (SSSR count). The van der Waals surface area contributed by atoms with E-state index in [4.69, 9.17) is 4.74 Å². The number of nitrogens with one attached hydrogen (secondary N) is 1. The zero-order valence-electron chi connectivity index (χ0n) is 18.2. The van der Waals surface area contributed by atoms with Gasteiger partial charge in [-0.05, 0) is 37.7 Å². The third-order valence-corrected chi connectivity index (χ3v) is 7.52. The highest BCUT2D eigenvalue weighted by Crippen LogP contribution is 2.75. The second-order valence-electron chi connectivity index (χ2n) is 9.26. The van der Waals surface area contributed by atoms with Crippen molar-refractivity contribution < 1.29 is 22.7 Å². The summed E-state index contributed by atoms with van der Waals surface area (Å²) in [6.45, 7) is 1.66. The molecule has 1 saturated carbocycles. The van der Waals surface area contributed by atoms with Gasteiger partial charge in [-0.2, -0.15) is 18.4 Å². The SMILES string of the molecule is CN1CCOC[C@@H]1CNC(=O)C12CN(c3ccc(C#N)c4ncccc34)CC1(C(F)(F)F)C2. The Bertz CT molecular complexity index is 1150. The van der Waals surface area contributed by atoms with E-state index >= 15 is 0 Å². The van der Waals surface area contributed by atoms with E-state index in [0.29, 0.717) is 41.9 Å². The Balaban J connectivity index is 1.43. The van der Waals surface area contributed by atoms with Gasteiger partial charge in [0.15, 0.2) is 0 Å². The first-order chi connectivity index (χ1) is 15.7. The highest BCUT2D eigenvalue weighted by Gasteiger charge is 2.86. The molecule has 2 aromatic rings. The number of likely N-dealkylation sites (N-methyl/N-ethyl adjacent to an activating group) is 1. The quantitative estimate of drug-likeness (QED) is 0.756. The summed E-state index contributed by atoms with van der Waals surface area (Å²) >= 11 is 0. The Labute approximate surface area is 189 Å². The van der Waals surface area contributed by atoms with Crippen LogP contribution in [0, 0.1) is 22.2 Å². The summed E-state index contributed by atoms with van der Waals surface area (Å²) in [6, 6.07) is 8.66. The lowest BCUT2D eigenvalue weighted by molar-refractivity contribution is -0.191. The molecular weight excluding hydrogens is 435 g/mol. The molecule has 10 heteroatoms. The molecule has 2 saturated heterocycles. The Morgan fingerprint density at radius 1 is 1.36 bits per heavy atom. The molecule has 1 N–H and O–H groups in total. The monoisotopic (exact) mass is 459 g/mol. The zero-order chi connectivity index (χ0) is 23.4. The van der Waals surface area contributed by atoms with Gasteiger partial charge in [0.25, 0.3) is 0 Å². The average Bonchev–Trinajstić information content (AvgIpc) is 3.35. The molecule has 0 bridgehead atoms. The van der Waals surface area contributed by atoms with E-state index in [0.717, 1.165) is 0 Å². The number of carbonyl (C=O) groups is 1. The van der Waals surface area contributed by atoms with Crippen LogP contribution in [0.3, 0.4) is 0 Å². The van der Waals surface area contributed by atoms with Crippen molar-refractivity contribution in [2.75, 3.05) is 51.3 Å². The molecule has 1 aliphatic carbocycles. The summed E-state index contributed by atoms with van der Waals surface area (Å²) in [5.41, 5.74) is -2.25. The summed E-state index contributed by atoms with van der Waals surface area (Å²) in [7, 11) is 1.91. The Morgan fingerprint density at radius 3 is 2.91 bits per heavy atom. The number of ether oxygens (including phenoxy) is 1. The van der Waals surface area contributed by atoms with Crippen LogP contribution in [0.5, 0.6) is 0 Å². The van der Waals surface area contributed by atoms with Gasteiger partial charge in [0.1, 0.15) is 11.5 Å². The fourth-order valence-electron chi connectivity index (χ4n) is 5.45. The van der Waals surface area contributed by atoms with Crippen LogP contribution in [0.15, 0.2) is 30.5 Å². The fraction of sp³-hybridized carbons (Fsp3) is 0.522. The highest BCUT2D eigenvalue weighted by molar-refractivity contribution is 5.97. The normalized spacial score (nSPS) is 29.5. The summed E-state index contributed by atoms with van der Waals surface area (Å²) in [5.74, 6) is -0.558. The first-order valence-electron chi connectivity index (χ1n) is 10.9. The van der Waals surface area contributed by atoms with Crippen molar-refractivity contribution in [3.63, 3.8) is 0 Å². The predicted molar refractivity (Wildman–Crippen MR) is 114 cm³/mol. The van der Waals surface area contributed by atoms with Gasteiger partial charge in [-0.15, -0.1) is 0 Å². The number of aromatic nitrogens is 1. The molecule has 7 nitrogen and oxygen atoms in total. The topological polar surface area (TPSA) is 81.5 Å². The molecule has 3 atom stereocenters. The molecular formula is C23H24F3N5O2. The number of alkyl halides is 3. The molecule has 3 heterocycles. The number of carbonyl (C=O) groups excluding carboxylic acids is 1. The van der Waals surface area contributed by atoms with Crippen molar-refractivity contribution >= 4 is 22.5 Å². The minimum Gasteiger partial charge on any atom is -0.378 e. The average molecular weight is 459 g/mol. The standard InChI is InChI=1S/C23H24F3N5O2/c1-30-7-8-33-11-16(30)10-29-20(32)21-12-22(21,23(24,25)26)14-31(13-21)18-5-4-15(9-27)19-17(18)3-2-6-28-19/h2-6,16H,7-8,10-14H2,1H3,(H,29,32)/t16-,21?,22?/m0/s1. The lowest BCUT2D eigenvalue weighted by Crippen LogP contribution is -2.51. The number of morpholine rings is 1. The van der Waals surface area contributed by atoms with Gasteiger partial charge in [-0.25, -0.2) is 0 Å². The number of benzene rings is 1. The van der Waals surface area contributed by atoms with E-state index in [1.165, 1.54) is 0 Å². The number of anilines is 1. The summed E-state index contributed by atoms with van der Waals surface area (Å²) < 4.78 is 48.3. The van der Waals surface area contributed by atoms with E-state index < -0.39 is 22.9 Å². The molecule has 3 aliphatic rings. The van der Waals surface area contributed by atoms with Crippen LogP contribution in [0.1, 0.15) is 12.0 Å².